The van der Waals surface area contributed by atoms with Gasteiger partial charge in [0.1, 0.15) is 29.5 Å². The second-order valence-corrected chi connectivity index (χ2v) is 17.3. The van der Waals surface area contributed by atoms with Gasteiger partial charge in [0, 0.05) is 23.1 Å². The highest BCUT2D eigenvalue weighted by Gasteiger charge is 2.62. The molecule has 0 bridgehead atoms. The van der Waals surface area contributed by atoms with Crippen LogP contribution in [0.1, 0.15) is 72.6 Å². The average Bonchev–Trinajstić information content (AvgIpc) is 3.99. The Morgan fingerprint density at radius 1 is 1.15 bits per heavy atom. The first kappa shape index (κ1) is 37.6. The van der Waals surface area contributed by atoms with E-state index >= 15 is 0 Å². The van der Waals surface area contributed by atoms with Crippen molar-refractivity contribution in [3.05, 3.63) is 41.6 Å². The van der Waals surface area contributed by atoms with Crippen molar-refractivity contribution in [3.63, 3.8) is 0 Å². The number of fused-ring (bicyclic) bond motifs is 3. The Kier molecular flexibility index (Phi) is 10.7. The summed E-state index contributed by atoms with van der Waals surface area (Å²) in [6, 6.07) is 2.88. The average molecular weight is 760 g/mol. The summed E-state index contributed by atoms with van der Waals surface area (Å²) >= 11 is 6.60. The lowest BCUT2D eigenvalue weighted by molar-refractivity contribution is -0.142. The fraction of sp³-hybridized carbons (Fsp3) is 0.583. The van der Waals surface area contributed by atoms with E-state index in [-0.39, 0.29) is 37.3 Å². The highest BCUT2D eigenvalue weighted by atomic mass is 35.5. The number of aromatic nitrogens is 1. The van der Waals surface area contributed by atoms with Gasteiger partial charge in [0.2, 0.25) is 27.7 Å². The lowest BCUT2D eigenvalue weighted by atomic mass is 9.88. The largest absolute Gasteiger partial charge is 0.489 e. The van der Waals surface area contributed by atoms with Gasteiger partial charge in [-0.1, -0.05) is 43.7 Å². The summed E-state index contributed by atoms with van der Waals surface area (Å²) in [5.41, 5.74) is -1.54. The number of hydrogen-bond donors (Lipinski definition) is 4. The third kappa shape index (κ3) is 7.94. The van der Waals surface area contributed by atoms with Crippen LogP contribution in [-0.4, -0.2) is 88.8 Å². The van der Waals surface area contributed by atoms with E-state index in [0.717, 1.165) is 6.42 Å². The molecule has 0 radical (unpaired) electrons. The molecule has 0 unspecified atom stereocenters. The van der Waals surface area contributed by atoms with Gasteiger partial charge in [-0.2, -0.15) is 0 Å². The predicted octanol–water partition coefficient (Wildman–Crippen LogP) is 4.16. The van der Waals surface area contributed by atoms with Crippen LogP contribution in [-0.2, 0) is 24.4 Å². The van der Waals surface area contributed by atoms with Crippen molar-refractivity contribution in [2.24, 2.45) is 17.8 Å². The molecule has 7 atom stereocenters. The Labute approximate surface area is 308 Å². The quantitative estimate of drug-likeness (QED) is 0.284. The van der Waals surface area contributed by atoms with Gasteiger partial charge in [0.15, 0.2) is 0 Å². The van der Waals surface area contributed by atoms with Gasteiger partial charge in [0.05, 0.1) is 29.1 Å². The zero-order valence-electron chi connectivity index (χ0n) is 29.6. The first-order valence-electron chi connectivity index (χ1n) is 17.8. The third-order valence-electron chi connectivity index (χ3n) is 10.3. The number of ether oxygens (including phenoxy) is 2. The number of pyridine rings is 1. The molecule has 4 aliphatic rings. The molecule has 0 spiro atoms. The molecule has 16 heteroatoms. The molecule has 4 N–H and O–H groups in total. The van der Waals surface area contributed by atoms with E-state index < -0.39 is 74.7 Å². The zero-order chi connectivity index (χ0) is 37.5. The van der Waals surface area contributed by atoms with Crippen LogP contribution >= 0.6 is 11.6 Å². The number of sulfonamides is 1. The summed E-state index contributed by atoms with van der Waals surface area (Å²) in [6.45, 7) is 7.49. The Hall–Kier alpha value is -4.11. The molecule has 2 aliphatic heterocycles. The monoisotopic (exact) mass is 759 g/mol. The topological polar surface area (TPSA) is 193 Å². The van der Waals surface area contributed by atoms with Crippen LogP contribution in [0.4, 0.5) is 4.79 Å². The summed E-state index contributed by atoms with van der Waals surface area (Å²) in [5, 5.41) is 15.9. The molecule has 282 valence electrons. The molecule has 3 fully saturated rings. The first-order valence-corrected chi connectivity index (χ1v) is 19.8. The van der Waals surface area contributed by atoms with E-state index in [1.54, 1.807) is 25.1 Å². The molecule has 2 aliphatic carbocycles. The van der Waals surface area contributed by atoms with Crippen LogP contribution in [0.25, 0.3) is 10.8 Å². The number of nitrogens with one attached hydrogen (secondary N) is 3. The first-order chi connectivity index (χ1) is 24.6. The molecular formula is C36H46ClN5O9S. The molecule has 2 aromatic rings. The van der Waals surface area contributed by atoms with Crippen LogP contribution in [0.3, 0.4) is 0 Å². The fourth-order valence-corrected chi connectivity index (χ4v) is 9.06. The molecule has 1 saturated heterocycles. The fourth-order valence-electron chi connectivity index (χ4n) is 7.43. The van der Waals surface area contributed by atoms with Crippen molar-refractivity contribution in [1.29, 1.82) is 0 Å². The van der Waals surface area contributed by atoms with Crippen LogP contribution in [0.2, 0.25) is 5.02 Å². The van der Waals surface area contributed by atoms with Crippen LogP contribution < -0.4 is 24.8 Å². The predicted molar refractivity (Wildman–Crippen MR) is 192 cm³/mol. The van der Waals surface area contributed by atoms with E-state index in [9.17, 15) is 32.7 Å². The van der Waals surface area contributed by atoms with Gasteiger partial charge in [0.25, 0.3) is 5.91 Å². The number of carbonyl (C=O) groups excluding carboxylic acids is 3. The number of rotatable bonds is 8. The van der Waals surface area contributed by atoms with Gasteiger partial charge in [-0.05, 0) is 76.3 Å². The summed E-state index contributed by atoms with van der Waals surface area (Å²) in [6.07, 6.45) is 5.94. The zero-order valence-corrected chi connectivity index (χ0v) is 31.2. The number of halogens is 1. The molecule has 3 heterocycles. The molecular weight excluding hydrogens is 714 g/mol. The molecule has 52 heavy (non-hydrogen) atoms. The number of hydrogen-bond acceptors (Lipinski definition) is 9. The third-order valence-corrected chi connectivity index (χ3v) is 12.5. The molecule has 6 rings (SSSR count). The maximum atomic E-state index is 14.4. The lowest BCUT2D eigenvalue weighted by Gasteiger charge is -2.32. The molecule has 1 aromatic carbocycles. The highest BCUT2D eigenvalue weighted by molar-refractivity contribution is 7.91. The summed E-state index contributed by atoms with van der Waals surface area (Å²) in [4.78, 5) is 60.2. The summed E-state index contributed by atoms with van der Waals surface area (Å²) in [7, 11) is -3.91. The second-order valence-electron chi connectivity index (χ2n) is 14.9. The second kappa shape index (κ2) is 14.7. The highest BCUT2D eigenvalue weighted by Crippen LogP contribution is 2.46. The Bertz CT molecular complexity index is 1890. The normalized spacial score (nSPS) is 30.3. The minimum atomic E-state index is -3.91. The van der Waals surface area contributed by atoms with Crippen molar-refractivity contribution in [3.8, 4) is 11.6 Å². The SMILES string of the molecule is CC(C)Oc1cnc(O[C@@H]2C[C@H]3C(=O)N[C@]4(C(=O)NS(=O)(=O)C5CC5)C[C@H]4/C=C\CC[C@@H](C)C[C@@H](C)[C@H](NC(=O)O)C(=O)N3C2)c2cccc(Cl)c12. The number of carbonyl (C=O) groups is 4. The number of allylic oxidation sites excluding steroid dienone is 1. The van der Waals surface area contributed by atoms with Gasteiger partial charge in [-0.25, -0.2) is 18.2 Å². The summed E-state index contributed by atoms with van der Waals surface area (Å²) in [5.74, 6) is -2.21. The Morgan fingerprint density at radius 3 is 2.60 bits per heavy atom. The van der Waals surface area contributed by atoms with E-state index in [1.165, 1.54) is 11.1 Å². The maximum Gasteiger partial charge on any atom is 0.405 e. The molecule has 14 nitrogen and oxygen atoms in total. The van der Waals surface area contributed by atoms with Crippen LogP contribution in [0.15, 0.2) is 36.5 Å². The van der Waals surface area contributed by atoms with Gasteiger partial charge in [-0.15, -0.1) is 0 Å². The minimum Gasteiger partial charge on any atom is -0.489 e. The van der Waals surface area contributed by atoms with Crippen molar-refractivity contribution in [2.45, 2.75) is 108 Å². The van der Waals surface area contributed by atoms with Crippen molar-refractivity contribution < 1.29 is 42.2 Å². The Balaban J connectivity index is 1.35. The number of amides is 4. The number of benzene rings is 1. The number of nitrogens with zero attached hydrogens (tertiary/aromatic N) is 2. The lowest BCUT2D eigenvalue weighted by Crippen LogP contribution is -2.59. The van der Waals surface area contributed by atoms with E-state index in [1.807, 2.05) is 32.9 Å². The van der Waals surface area contributed by atoms with Gasteiger partial charge < -0.3 is 30.1 Å². The smallest absolute Gasteiger partial charge is 0.405 e. The molecule has 4 amide bonds. The summed E-state index contributed by atoms with van der Waals surface area (Å²) < 4.78 is 40.2. The standard InChI is InChI=1S/C36H46ClN5O9S/c1-19(2)50-28-17-38-32(25-10-7-11-26(37)29(25)28)51-23-15-27-31(43)40-36(34(45)41-52(48,49)24-12-13-24)16-22(36)9-6-5-8-20(3)14-21(4)30(39-35(46)47)33(44)42(27)18-23/h6-7,9-11,17,19-24,27,30,39H,5,8,12-16,18H2,1-4H3,(H,40,43)(H,41,45)(H,46,47)/b9-6-/t20-,21-,22-,23-,27+,30+,36-/m1/s1. The van der Waals surface area contributed by atoms with Crippen molar-refractivity contribution >= 4 is 56.2 Å². The van der Waals surface area contributed by atoms with Crippen molar-refractivity contribution in [2.75, 3.05) is 6.54 Å². The van der Waals surface area contributed by atoms with E-state index in [4.69, 9.17) is 21.1 Å². The number of carboxylic acid groups (broad SMARTS) is 1. The van der Waals surface area contributed by atoms with E-state index in [2.05, 4.69) is 20.3 Å². The molecule has 1 aromatic heterocycles. The Morgan fingerprint density at radius 2 is 1.90 bits per heavy atom. The van der Waals surface area contributed by atoms with Crippen LogP contribution in [0.5, 0.6) is 11.6 Å². The van der Waals surface area contributed by atoms with Gasteiger partial charge in [-0.3, -0.25) is 19.1 Å². The minimum absolute atomic E-state index is 0.0191. The van der Waals surface area contributed by atoms with Crippen molar-refractivity contribution in [1.82, 2.24) is 25.2 Å². The molecule has 2 saturated carbocycles. The van der Waals surface area contributed by atoms with E-state index in [0.29, 0.717) is 47.2 Å². The van der Waals surface area contributed by atoms with Gasteiger partial charge >= 0.3 is 6.09 Å². The van der Waals surface area contributed by atoms with Crippen LogP contribution in [0, 0.1) is 17.8 Å². The maximum absolute atomic E-state index is 14.4.